The highest BCUT2D eigenvalue weighted by atomic mass is 16.3. The van der Waals surface area contributed by atoms with E-state index in [0.29, 0.717) is 6.54 Å². The Morgan fingerprint density at radius 1 is 1.18 bits per heavy atom. The third-order valence-corrected chi connectivity index (χ3v) is 3.34. The van der Waals surface area contributed by atoms with E-state index in [2.05, 4.69) is 32.9 Å². The Morgan fingerprint density at radius 3 is 2.41 bits per heavy atom. The first-order valence-electron chi connectivity index (χ1n) is 5.98. The monoisotopic (exact) mass is 237 g/mol. The van der Waals surface area contributed by atoms with Crippen LogP contribution in [0.25, 0.3) is 0 Å². The van der Waals surface area contributed by atoms with Crippen LogP contribution in [0, 0.1) is 20.8 Å². The molecule has 17 heavy (non-hydrogen) atoms. The zero-order valence-electron chi connectivity index (χ0n) is 11.2. The Kier molecular flexibility index (Phi) is 5.12. The lowest BCUT2D eigenvalue weighted by atomic mass is 9.98. The van der Waals surface area contributed by atoms with Crippen molar-refractivity contribution in [3.8, 4) is 0 Å². The van der Waals surface area contributed by atoms with Gasteiger partial charge in [-0.05, 0) is 50.1 Å². The maximum absolute atomic E-state index is 9.38. The van der Waals surface area contributed by atoms with E-state index in [4.69, 9.17) is 5.11 Å². The summed E-state index contributed by atoms with van der Waals surface area (Å²) in [6.45, 7) is 7.49. The number of likely N-dealkylation sites (N-methyl/N-ethyl adjacent to an activating group) is 1. The molecule has 0 saturated carbocycles. The van der Waals surface area contributed by atoms with E-state index >= 15 is 0 Å². The van der Waals surface area contributed by atoms with E-state index in [9.17, 15) is 5.11 Å². The third-order valence-electron chi connectivity index (χ3n) is 3.34. The Morgan fingerprint density at radius 2 is 1.82 bits per heavy atom. The summed E-state index contributed by atoms with van der Waals surface area (Å²) in [5.74, 6) is 0. The fourth-order valence-electron chi connectivity index (χ4n) is 1.96. The molecule has 0 spiro atoms. The van der Waals surface area contributed by atoms with Crippen LogP contribution in [0.1, 0.15) is 22.3 Å². The van der Waals surface area contributed by atoms with Crippen LogP contribution >= 0.6 is 0 Å². The van der Waals surface area contributed by atoms with E-state index in [1.807, 2.05) is 11.9 Å². The summed E-state index contributed by atoms with van der Waals surface area (Å²) in [5.41, 5.74) is 5.24. The molecule has 3 heteroatoms. The van der Waals surface area contributed by atoms with Gasteiger partial charge in [0.1, 0.15) is 0 Å². The lowest BCUT2D eigenvalue weighted by Gasteiger charge is -2.21. The Balaban J connectivity index is 2.72. The molecule has 96 valence electrons. The third kappa shape index (κ3) is 3.80. The average Bonchev–Trinajstić information content (AvgIpc) is 2.29. The van der Waals surface area contributed by atoms with Crippen molar-refractivity contribution in [1.82, 2.24) is 4.90 Å². The molecular weight excluding hydrogens is 214 g/mol. The SMILES string of the molecule is Cc1ccc(CN(C)CC(O)CO)c(C)c1C. The molecule has 1 rings (SSSR count). The second-order valence-corrected chi connectivity index (χ2v) is 4.82. The largest absolute Gasteiger partial charge is 0.394 e. The molecule has 0 fully saturated rings. The molecule has 0 aliphatic heterocycles. The van der Waals surface area contributed by atoms with Gasteiger partial charge in [-0.3, -0.25) is 4.90 Å². The molecule has 0 saturated heterocycles. The lowest BCUT2D eigenvalue weighted by molar-refractivity contribution is 0.0647. The number of benzene rings is 1. The second-order valence-electron chi connectivity index (χ2n) is 4.82. The molecule has 0 amide bonds. The van der Waals surface area contributed by atoms with Gasteiger partial charge in [0, 0.05) is 13.1 Å². The minimum absolute atomic E-state index is 0.184. The quantitative estimate of drug-likeness (QED) is 0.813. The van der Waals surface area contributed by atoms with Gasteiger partial charge in [-0.2, -0.15) is 0 Å². The van der Waals surface area contributed by atoms with E-state index < -0.39 is 6.10 Å². The summed E-state index contributed by atoms with van der Waals surface area (Å²) >= 11 is 0. The summed E-state index contributed by atoms with van der Waals surface area (Å²) in [6, 6.07) is 4.27. The summed E-state index contributed by atoms with van der Waals surface area (Å²) < 4.78 is 0. The number of aryl methyl sites for hydroxylation is 1. The van der Waals surface area contributed by atoms with Gasteiger partial charge < -0.3 is 10.2 Å². The number of aliphatic hydroxyl groups is 2. The highest BCUT2D eigenvalue weighted by Crippen LogP contribution is 2.18. The van der Waals surface area contributed by atoms with Gasteiger partial charge in [-0.1, -0.05) is 12.1 Å². The van der Waals surface area contributed by atoms with Crippen molar-refractivity contribution in [2.24, 2.45) is 0 Å². The molecule has 0 aromatic heterocycles. The van der Waals surface area contributed by atoms with Gasteiger partial charge in [0.15, 0.2) is 0 Å². The first kappa shape index (κ1) is 14.2. The number of nitrogens with zero attached hydrogens (tertiary/aromatic N) is 1. The molecular formula is C14H23NO2. The lowest BCUT2D eigenvalue weighted by Crippen LogP contribution is -2.31. The van der Waals surface area contributed by atoms with Crippen molar-refractivity contribution in [3.05, 3.63) is 34.4 Å². The Labute approximate surface area is 104 Å². The topological polar surface area (TPSA) is 43.7 Å². The van der Waals surface area contributed by atoms with Crippen molar-refractivity contribution in [1.29, 1.82) is 0 Å². The van der Waals surface area contributed by atoms with E-state index in [1.165, 1.54) is 22.3 Å². The van der Waals surface area contributed by atoms with Crippen LogP contribution in [-0.4, -0.2) is 41.4 Å². The van der Waals surface area contributed by atoms with Gasteiger partial charge in [-0.25, -0.2) is 0 Å². The van der Waals surface area contributed by atoms with Crippen molar-refractivity contribution >= 4 is 0 Å². The molecule has 0 aliphatic rings. The van der Waals surface area contributed by atoms with Crippen LogP contribution in [0.2, 0.25) is 0 Å². The van der Waals surface area contributed by atoms with Crippen LogP contribution in [0.4, 0.5) is 0 Å². The van der Waals surface area contributed by atoms with Crippen molar-refractivity contribution in [2.45, 2.75) is 33.4 Å². The van der Waals surface area contributed by atoms with Crippen molar-refractivity contribution in [3.63, 3.8) is 0 Å². The molecule has 0 aliphatic carbocycles. The minimum Gasteiger partial charge on any atom is -0.394 e. The van der Waals surface area contributed by atoms with Crippen LogP contribution in [0.3, 0.4) is 0 Å². The number of aliphatic hydroxyl groups excluding tert-OH is 2. The second kappa shape index (κ2) is 6.15. The number of hydrogen-bond acceptors (Lipinski definition) is 3. The molecule has 0 heterocycles. The fourth-order valence-corrected chi connectivity index (χ4v) is 1.96. The zero-order valence-corrected chi connectivity index (χ0v) is 11.2. The first-order valence-corrected chi connectivity index (χ1v) is 5.98. The minimum atomic E-state index is -0.660. The smallest absolute Gasteiger partial charge is 0.0897 e. The van der Waals surface area contributed by atoms with Gasteiger partial charge in [0.05, 0.1) is 12.7 Å². The fraction of sp³-hybridized carbons (Fsp3) is 0.571. The molecule has 2 N–H and O–H groups in total. The maximum atomic E-state index is 9.38. The standard InChI is InChI=1S/C14H23NO2/c1-10-5-6-13(12(3)11(10)2)7-15(4)8-14(17)9-16/h5-6,14,16-17H,7-9H2,1-4H3. The van der Waals surface area contributed by atoms with Crippen LogP contribution in [0.15, 0.2) is 12.1 Å². The molecule has 1 unspecified atom stereocenters. The normalized spacial score (nSPS) is 13.1. The van der Waals surface area contributed by atoms with Gasteiger partial charge >= 0.3 is 0 Å². The highest BCUT2D eigenvalue weighted by molar-refractivity contribution is 5.38. The summed E-state index contributed by atoms with van der Waals surface area (Å²) in [7, 11) is 1.95. The van der Waals surface area contributed by atoms with Gasteiger partial charge in [0.25, 0.3) is 0 Å². The van der Waals surface area contributed by atoms with Crippen LogP contribution in [-0.2, 0) is 6.54 Å². The Hall–Kier alpha value is -0.900. The van der Waals surface area contributed by atoms with E-state index in [-0.39, 0.29) is 6.61 Å². The molecule has 1 aromatic carbocycles. The molecule has 0 bridgehead atoms. The predicted octanol–water partition coefficient (Wildman–Crippen LogP) is 1.40. The molecule has 0 radical (unpaired) electrons. The molecule has 1 aromatic rings. The number of rotatable bonds is 5. The van der Waals surface area contributed by atoms with Gasteiger partial charge in [0.2, 0.25) is 0 Å². The molecule has 3 nitrogen and oxygen atoms in total. The summed E-state index contributed by atoms with van der Waals surface area (Å²) in [4.78, 5) is 2.03. The van der Waals surface area contributed by atoms with Crippen LogP contribution in [0.5, 0.6) is 0 Å². The number of hydrogen-bond donors (Lipinski definition) is 2. The maximum Gasteiger partial charge on any atom is 0.0897 e. The van der Waals surface area contributed by atoms with Gasteiger partial charge in [-0.15, -0.1) is 0 Å². The molecule has 1 atom stereocenters. The summed E-state index contributed by atoms with van der Waals surface area (Å²) in [5, 5.41) is 18.2. The van der Waals surface area contributed by atoms with E-state index in [0.717, 1.165) is 6.54 Å². The Bertz CT molecular complexity index is 377. The zero-order chi connectivity index (χ0) is 13.0. The van der Waals surface area contributed by atoms with E-state index in [1.54, 1.807) is 0 Å². The first-order chi connectivity index (χ1) is 7.95. The van der Waals surface area contributed by atoms with Crippen molar-refractivity contribution in [2.75, 3.05) is 20.2 Å². The predicted molar refractivity (Wildman–Crippen MR) is 70.1 cm³/mol. The summed E-state index contributed by atoms with van der Waals surface area (Å²) in [6.07, 6.45) is -0.660. The highest BCUT2D eigenvalue weighted by Gasteiger charge is 2.10. The van der Waals surface area contributed by atoms with Crippen molar-refractivity contribution < 1.29 is 10.2 Å². The average molecular weight is 237 g/mol. The van der Waals surface area contributed by atoms with Crippen LogP contribution < -0.4 is 0 Å².